The molecule has 2 heterocycles. The lowest BCUT2D eigenvalue weighted by Crippen LogP contribution is -2.41. The lowest BCUT2D eigenvalue weighted by Gasteiger charge is -2.30. The number of urea groups is 1. The van der Waals surface area contributed by atoms with Gasteiger partial charge in [0.15, 0.2) is 5.82 Å². The average molecular weight is 348 g/mol. The van der Waals surface area contributed by atoms with Crippen LogP contribution in [0, 0.1) is 5.92 Å². The first kappa shape index (κ1) is 17.5. The summed E-state index contributed by atoms with van der Waals surface area (Å²) in [6.07, 6.45) is 4.29. The first-order chi connectivity index (χ1) is 12.1. The molecule has 3 N–H and O–H groups in total. The smallest absolute Gasteiger partial charge is 0.319 e. The highest BCUT2D eigenvalue weighted by Crippen LogP contribution is 2.26. The van der Waals surface area contributed by atoms with E-state index in [-0.39, 0.29) is 18.0 Å². The van der Waals surface area contributed by atoms with E-state index in [0.29, 0.717) is 44.6 Å². The van der Waals surface area contributed by atoms with E-state index >= 15 is 0 Å². The third-order valence-electron chi connectivity index (χ3n) is 4.76. The molecule has 25 heavy (non-hydrogen) atoms. The topological polar surface area (TPSA) is 104 Å². The molecule has 1 aromatic heterocycles. The number of carboxylic acid groups (broad SMARTS) is 1. The fraction of sp³-hybridized carbons (Fsp3) is 0.588. The van der Waals surface area contributed by atoms with Gasteiger partial charge in [0.1, 0.15) is 0 Å². The Labute approximate surface area is 146 Å². The van der Waals surface area contributed by atoms with E-state index in [4.69, 9.17) is 9.84 Å². The molecule has 2 amide bonds. The maximum absolute atomic E-state index is 12.3. The monoisotopic (exact) mass is 348 g/mol. The fourth-order valence-corrected chi connectivity index (χ4v) is 3.35. The van der Waals surface area contributed by atoms with Crippen molar-refractivity contribution in [2.24, 2.45) is 5.92 Å². The molecular weight excluding hydrogens is 324 g/mol. The van der Waals surface area contributed by atoms with E-state index in [9.17, 15) is 9.59 Å². The Kier molecular flexibility index (Phi) is 5.70. The highest BCUT2D eigenvalue weighted by Gasteiger charge is 2.27. The van der Waals surface area contributed by atoms with Crippen LogP contribution in [0.25, 0.3) is 0 Å². The average Bonchev–Trinajstić information content (AvgIpc) is 2.63. The van der Waals surface area contributed by atoms with Crippen molar-refractivity contribution in [1.82, 2.24) is 10.3 Å². The molecule has 1 saturated heterocycles. The van der Waals surface area contributed by atoms with Crippen molar-refractivity contribution in [1.29, 1.82) is 0 Å². The zero-order chi connectivity index (χ0) is 17.6. The van der Waals surface area contributed by atoms with Crippen molar-refractivity contribution in [3.8, 4) is 0 Å². The van der Waals surface area contributed by atoms with Gasteiger partial charge in [-0.15, -0.1) is 0 Å². The predicted molar refractivity (Wildman–Crippen MR) is 92.8 cm³/mol. The second kappa shape index (κ2) is 8.15. The van der Waals surface area contributed by atoms with Gasteiger partial charge in [-0.3, -0.25) is 4.79 Å². The molecule has 3 rings (SSSR count). The van der Waals surface area contributed by atoms with Gasteiger partial charge >= 0.3 is 12.0 Å². The number of carbonyl (C=O) groups is 2. The largest absolute Gasteiger partial charge is 0.481 e. The molecule has 0 aromatic carbocycles. The number of rotatable bonds is 4. The minimum atomic E-state index is -0.742. The number of aliphatic carboxylic acids is 1. The summed E-state index contributed by atoms with van der Waals surface area (Å²) in [7, 11) is 0. The first-order valence-electron chi connectivity index (χ1n) is 8.71. The Morgan fingerprint density at radius 1 is 1.20 bits per heavy atom. The molecule has 0 spiro atoms. The number of ether oxygens (including phenoxy) is 1. The molecule has 2 fully saturated rings. The number of nitrogens with zero attached hydrogens (tertiary/aromatic N) is 2. The van der Waals surface area contributed by atoms with E-state index in [1.54, 1.807) is 12.3 Å². The Hall–Kier alpha value is -2.35. The maximum Gasteiger partial charge on any atom is 0.319 e. The number of nitrogens with one attached hydrogen (secondary N) is 2. The summed E-state index contributed by atoms with van der Waals surface area (Å²) >= 11 is 0. The quantitative estimate of drug-likeness (QED) is 0.765. The van der Waals surface area contributed by atoms with Crippen LogP contribution in [0.5, 0.6) is 0 Å². The summed E-state index contributed by atoms with van der Waals surface area (Å²) in [5.41, 5.74) is 0.668. The SMILES string of the molecule is O=C(Nc1cccnc1N1CCOCC1)NC1CCC(C(=O)O)CC1. The molecular formula is C17H24N4O4. The van der Waals surface area contributed by atoms with Crippen LogP contribution in [0.4, 0.5) is 16.3 Å². The number of morpholine rings is 1. The number of carboxylic acids is 1. The molecule has 2 aliphatic rings. The van der Waals surface area contributed by atoms with Crippen LogP contribution in [0.3, 0.4) is 0 Å². The second-order valence-electron chi connectivity index (χ2n) is 6.46. The molecule has 8 nitrogen and oxygen atoms in total. The minimum absolute atomic E-state index is 0.0131. The number of amides is 2. The molecule has 0 bridgehead atoms. The van der Waals surface area contributed by atoms with Crippen LogP contribution < -0.4 is 15.5 Å². The normalized spacial score (nSPS) is 23.8. The van der Waals surface area contributed by atoms with Crippen LogP contribution in [0.2, 0.25) is 0 Å². The van der Waals surface area contributed by atoms with Crippen molar-refractivity contribution < 1.29 is 19.4 Å². The van der Waals surface area contributed by atoms with Gasteiger partial charge in [0.05, 0.1) is 24.8 Å². The highest BCUT2D eigenvalue weighted by atomic mass is 16.5. The molecule has 8 heteroatoms. The molecule has 0 atom stereocenters. The van der Waals surface area contributed by atoms with E-state index in [1.165, 1.54) is 0 Å². The maximum atomic E-state index is 12.3. The predicted octanol–water partition coefficient (Wildman–Crippen LogP) is 1.68. The number of anilines is 2. The molecule has 1 aliphatic heterocycles. The lowest BCUT2D eigenvalue weighted by molar-refractivity contribution is -0.142. The van der Waals surface area contributed by atoms with Crippen molar-refractivity contribution in [2.75, 3.05) is 36.5 Å². The Balaban J connectivity index is 1.55. The molecule has 0 radical (unpaired) electrons. The second-order valence-corrected chi connectivity index (χ2v) is 6.46. The van der Waals surface area contributed by atoms with Crippen LogP contribution in [0.1, 0.15) is 25.7 Å². The zero-order valence-corrected chi connectivity index (χ0v) is 14.1. The van der Waals surface area contributed by atoms with Gasteiger partial charge in [-0.2, -0.15) is 0 Å². The summed E-state index contributed by atoms with van der Waals surface area (Å²) in [4.78, 5) is 29.8. The summed E-state index contributed by atoms with van der Waals surface area (Å²) < 4.78 is 5.36. The molecule has 0 unspecified atom stereocenters. The summed E-state index contributed by atoms with van der Waals surface area (Å²) in [5.74, 6) is -0.281. The van der Waals surface area contributed by atoms with Crippen LogP contribution >= 0.6 is 0 Å². The van der Waals surface area contributed by atoms with E-state index in [2.05, 4.69) is 20.5 Å². The standard InChI is InChI=1S/C17H24N4O4/c22-16(23)12-3-5-13(6-4-12)19-17(24)20-14-2-1-7-18-15(14)21-8-10-25-11-9-21/h1-2,7,12-13H,3-6,8-11H2,(H,22,23)(H2,19,20,24). The third kappa shape index (κ3) is 4.60. The number of carbonyl (C=O) groups excluding carboxylic acids is 1. The van der Waals surface area contributed by atoms with Gasteiger partial charge in [0.25, 0.3) is 0 Å². The third-order valence-corrected chi connectivity index (χ3v) is 4.76. The minimum Gasteiger partial charge on any atom is -0.481 e. The van der Waals surface area contributed by atoms with Gasteiger partial charge in [-0.1, -0.05) is 0 Å². The van der Waals surface area contributed by atoms with Crippen molar-refractivity contribution in [3.63, 3.8) is 0 Å². The lowest BCUT2D eigenvalue weighted by atomic mass is 9.86. The van der Waals surface area contributed by atoms with Crippen molar-refractivity contribution in [2.45, 2.75) is 31.7 Å². The molecule has 1 aromatic rings. The highest BCUT2D eigenvalue weighted by molar-refractivity contribution is 5.92. The summed E-state index contributed by atoms with van der Waals surface area (Å²) in [5, 5.41) is 14.9. The van der Waals surface area contributed by atoms with Crippen molar-refractivity contribution in [3.05, 3.63) is 18.3 Å². The summed E-state index contributed by atoms with van der Waals surface area (Å²) in [6.45, 7) is 2.78. The van der Waals surface area contributed by atoms with Crippen LogP contribution in [-0.2, 0) is 9.53 Å². The Morgan fingerprint density at radius 2 is 1.92 bits per heavy atom. The van der Waals surface area contributed by atoms with E-state index < -0.39 is 5.97 Å². The first-order valence-corrected chi connectivity index (χ1v) is 8.71. The fourth-order valence-electron chi connectivity index (χ4n) is 3.35. The summed E-state index contributed by atoms with van der Waals surface area (Å²) in [6, 6.07) is 3.36. The number of hydrogen-bond donors (Lipinski definition) is 3. The molecule has 1 saturated carbocycles. The molecule has 1 aliphatic carbocycles. The number of hydrogen-bond acceptors (Lipinski definition) is 5. The van der Waals surface area contributed by atoms with Crippen LogP contribution in [-0.4, -0.2) is 54.4 Å². The Morgan fingerprint density at radius 3 is 2.60 bits per heavy atom. The van der Waals surface area contributed by atoms with Crippen LogP contribution in [0.15, 0.2) is 18.3 Å². The van der Waals surface area contributed by atoms with E-state index in [0.717, 1.165) is 18.9 Å². The number of pyridine rings is 1. The van der Waals surface area contributed by atoms with Gasteiger partial charge in [-0.25, -0.2) is 9.78 Å². The zero-order valence-electron chi connectivity index (χ0n) is 14.1. The Bertz CT molecular complexity index is 610. The van der Waals surface area contributed by atoms with Gasteiger partial charge in [0, 0.05) is 25.3 Å². The van der Waals surface area contributed by atoms with Gasteiger partial charge in [-0.05, 0) is 37.8 Å². The molecule has 136 valence electrons. The van der Waals surface area contributed by atoms with Gasteiger partial charge in [0.2, 0.25) is 0 Å². The van der Waals surface area contributed by atoms with Gasteiger partial charge < -0.3 is 25.4 Å². The van der Waals surface area contributed by atoms with E-state index in [1.807, 2.05) is 6.07 Å². The number of aromatic nitrogens is 1. The van der Waals surface area contributed by atoms with Crippen molar-refractivity contribution >= 4 is 23.5 Å².